The minimum Gasteiger partial charge on any atom is -0.493 e. The largest absolute Gasteiger partial charge is 0.493 e. The molecule has 0 radical (unpaired) electrons. The summed E-state index contributed by atoms with van der Waals surface area (Å²) in [6.45, 7) is 5.41. The van der Waals surface area contributed by atoms with Crippen molar-refractivity contribution in [3.05, 3.63) is 23.8 Å². The highest BCUT2D eigenvalue weighted by molar-refractivity contribution is 5.78. The van der Waals surface area contributed by atoms with Crippen LogP contribution in [0.3, 0.4) is 0 Å². The molecule has 0 unspecified atom stereocenters. The van der Waals surface area contributed by atoms with E-state index in [0.717, 1.165) is 50.4 Å². The topological polar surface area (TPSA) is 76.8 Å². The molecular weight excluding hydrogens is 294 g/mol. The molecule has 23 heavy (non-hydrogen) atoms. The minimum absolute atomic E-state index is 0.0376. The summed E-state index contributed by atoms with van der Waals surface area (Å²) in [5.74, 6) is 6.75. The lowest BCUT2D eigenvalue weighted by Crippen LogP contribution is -2.42. The molecule has 0 atom stereocenters. The van der Waals surface area contributed by atoms with E-state index in [0.29, 0.717) is 6.61 Å². The van der Waals surface area contributed by atoms with Crippen molar-refractivity contribution >= 4 is 5.91 Å². The van der Waals surface area contributed by atoms with Gasteiger partial charge in [-0.05, 0) is 50.0 Å². The van der Waals surface area contributed by atoms with Crippen LogP contribution >= 0.6 is 0 Å². The summed E-state index contributed by atoms with van der Waals surface area (Å²) in [6.07, 6.45) is 2.66. The first kappa shape index (κ1) is 17.6. The van der Waals surface area contributed by atoms with Gasteiger partial charge in [0.25, 0.3) is 0 Å². The van der Waals surface area contributed by atoms with E-state index in [1.807, 2.05) is 12.1 Å². The Bertz CT molecular complexity index is 514. The van der Waals surface area contributed by atoms with Crippen LogP contribution in [0.5, 0.6) is 11.5 Å². The number of carbonyl (C=O) groups is 1. The number of likely N-dealkylation sites (tertiary alicyclic amines) is 1. The Hall–Kier alpha value is -1.79. The molecule has 128 valence electrons. The van der Waals surface area contributed by atoms with Gasteiger partial charge in [-0.2, -0.15) is 0 Å². The van der Waals surface area contributed by atoms with Crippen molar-refractivity contribution < 1.29 is 14.3 Å². The number of methoxy groups -OCH3 is 1. The molecule has 1 amide bonds. The predicted octanol–water partition coefficient (Wildman–Crippen LogP) is 1.69. The van der Waals surface area contributed by atoms with Crippen LogP contribution in [-0.2, 0) is 11.3 Å². The lowest BCUT2D eigenvalue weighted by molar-refractivity contribution is -0.126. The zero-order chi connectivity index (χ0) is 16.7. The molecule has 0 aliphatic carbocycles. The highest BCUT2D eigenvalue weighted by Crippen LogP contribution is 2.29. The van der Waals surface area contributed by atoms with Crippen LogP contribution in [-0.4, -0.2) is 37.6 Å². The molecule has 0 bridgehead atoms. The Morgan fingerprint density at radius 1 is 1.35 bits per heavy atom. The summed E-state index contributed by atoms with van der Waals surface area (Å²) in [5.41, 5.74) is 3.44. The number of carbonyl (C=O) groups excluding carboxylic acids is 1. The average molecular weight is 321 g/mol. The van der Waals surface area contributed by atoms with Gasteiger partial charge in [0.15, 0.2) is 11.5 Å². The van der Waals surface area contributed by atoms with Crippen LogP contribution in [0, 0.1) is 5.92 Å². The first-order valence-electron chi connectivity index (χ1n) is 8.20. The van der Waals surface area contributed by atoms with Gasteiger partial charge >= 0.3 is 0 Å². The average Bonchev–Trinajstić information content (AvgIpc) is 2.60. The van der Waals surface area contributed by atoms with E-state index >= 15 is 0 Å². The maximum absolute atomic E-state index is 11.6. The summed E-state index contributed by atoms with van der Waals surface area (Å²) >= 11 is 0. The number of nitrogens with two attached hydrogens (primary N) is 1. The highest BCUT2D eigenvalue weighted by Gasteiger charge is 2.24. The molecule has 1 saturated heterocycles. The minimum atomic E-state index is -0.0521. The van der Waals surface area contributed by atoms with Crippen molar-refractivity contribution in [2.45, 2.75) is 32.7 Å². The van der Waals surface area contributed by atoms with Gasteiger partial charge in [0.2, 0.25) is 5.91 Å². The quantitative estimate of drug-likeness (QED) is 0.454. The predicted molar refractivity (Wildman–Crippen MR) is 89.1 cm³/mol. The van der Waals surface area contributed by atoms with Crippen molar-refractivity contribution in [2.24, 2.45) is 11.8 Å². The van der Waals surface area contributed by atoms with Gasteiger partial charge in [-0.25, -0.2) is 5.84 Å². The molecule has 3 N–H and O–H groups in total. The van der Waals surface area contributed by atoms with Crippen molar-refractivity contribution in [1.29, 1.82) is 0 Å². The van der Waals surface area contributed by atoms with E-state index in [1.165, 1.54) is 5.56 Å². The van der Waals surface area contributed by atoms with Gasteiger partial charge in [0, 0.05) is 12.5 Å². The first-order chi connectivity index (χ1) is 11.2. The number of rotatable bonds is 7. The van der Waals surface area contributed by atoms with E-state index in [2.05, 4.69) is 23.3 Å². The molecule has 6 nitrogen and oxygen atoms in total. The second kappa shape index (κ2) is 8.74. The molecule has 1 aromatic carbocycles. The molecule has 0 saturated carbocycles. The second-order valence-corrected chi connectivity index (χ2v) is 5.89. The molecule has 1 heterocycles. The van der Waals surface area contributed by atoms with Gasteiger partial charge in [0.05, 0.1) is 13.7 Å². The van der Waals surface area contributed by atoms with E-state index in [1.54, 1.807) is 7.11 Å². The maximum atomic E-state index is 11.6. The zero-order valence-electron chi connectivity index (χ0n) is 14.0. The zero-order valence-corrected chi connectivity index (χ0v) is 14.0. The number of nitrogens with one attached hydrogen (secondary N) is 1. The number of hydrazine groups is 1. The molecule has 0 spiro atoms. The van der Waals surface area contributed by atoms with Gasteiger partial charge < -0.3 is 9.47 Å². The second-order valence-electron chi connectivity index (χ2n) is 5.89. The summed E-state index contributed by atoms with van der Waals surface area (Å²) < 4.78 is 11.1. The summed E-state index contributed by atoms with van der Waals surface area (Å²) in [7, 11) is 1.66. The van der Waals surface area contributed by atoms with Crippen molar-refractivity contribution in [2.75, 3.05) is 26.8 Å². The van der Waals surface area contributed by atoms with Crippen LogP contribution < -0.4 is 20.7 Å². The van der Waals surface area contributed by atoms with E-state index < -0.39 is 0 Å². The number of nitrogens with zero attached hydrogens (tertiary/aromatic N) is 1. The highest BCUT2D eigenvalue weighted by atomic mass is 16.5. The van der Waals surface area contributed by atoms with Crippen LogP contribution in [0.15, 0.2) is 18.2 Å². The number of ether oxygens (including phenoxy) is 2. The summed E-state index contributed by atoms with van der Waals surface area (Å²) in [5, 5.41) is 0. The fourth-order valence-corrected chi connectivity index (χ4v) is 2.87. The fourth-order valence-electron chi connectivity index (χ4n) is 2.87. The third-order valence-corrected chi connectivity index (χ3v) is 4.20. The van der Waals surface area contributed by atoms with Crippen LogP contribution in [0.4, 0.5) is 0 Å². The van der Waals surface area contributed by atoms with E-state index in [-0.39, 0.29) is 11.8 Å². The lowest BCUT2D eigenvalue weighted by Gasteiger charge is -2.31. The standard InChI is InChI=1S/C17H27N3O3/c1-3-10-23-15-5-4-13(11-16(15)22-2)12-20-8-6-14(7-9-20)17(21)19-18/h4-5,11,14H,3,6-10,12,18H2,1-2H3,(H,19,21). The Morgan fingerprint density at radius 2 is 2.09 bits per heavy atom. The molecule has 6 heteroatoms. The van der Waals surface area contributed by atoms with Crippen molar-refractivity contribution in [1.82, 2.24) is 10.3 Å². The Labute approximate surface area is 137 Å². The number of benzene rings is 1. The van der Waals surface area contributed by atoms with Crippen LogP contribution in [0.25, 0.3) is 0 Å². The first-order valence-corrected chi connectivity index (χ1v) is 8.20. The van der Waals surface area contributed by atoms with Crippen molar-refractivity contribution in [3.63, 3.8) is 0 Å². The maximum Gasteiger partial charge on any atom is 0.237 e. The smallest absolute Gasteiger partial charge is 0.237 e. The SMILES string of the molecule is CCCOc1ccc(CN2CCC(C(=O)NN)CC2)cc1OC. The Kier molecular flexibility index (Phi) is 6.67. The Balaban J connectivity index is 1.92. The molecule has 1 aliphatic heterocycles. The number of piperidine rings is 1. The summed E-state index contributed by atoms with van der Waals surface area (Å²) in [4.78, 5) is 13.9. The number of amides is 1. The third kappa shape index (κ3) is 4.84. The van der Waals surface area contributed by atoms with Gasteiger partial charge in [-0.3, -0.25) is 15.1 Å². The Morgan fingerprint density at radius 3 is 2.70 bits per heavy atom. The van der Waals surface area contributed by atoms with E-state index in [9.17, 15) is 4.79 Å². The number of hydrogen-bond donors (Lipinski definition) is 2. The molecule has 0 aromatic heterocycles. The normalized spacial score (nSPS) is 16.1. The molecule has 1 fully saturated rings. The number of hydrogen-bond acceptors (Lipinski definition) is 5. The molecule has 1 aromatic rings. The van der Waals surface area contributed by atoms with Gasteiger partial charge in [-0.1, -0.05) is 13.0 Å². The van der Waals surface area contributed by atoms with Crippen molar-refractivity contribution in [3.8, 4) is 11.5 Å². The van der Waals surface area contributed by atoms with E-state index in [4.69, 9.17) is 15.3 Å². The molecule has 2 rings (SSSR count). The summed E-state index contributed by atoms with van der Waals surface area (Å²) in [6, 6.07) is 6.08. The third-order valence-electron chi connectivity index (χ3n) is 4.20. The van der Waals surface area contributed by atoms with Gasteiger partial charge in [-0.15, -0.1) is 0 Å². The van der Waals surface area contributed by atoms with Gasteiger partial charge in [0.1, 0.15) is 0 Å². The molecular formula is C17H27N3O3. The monoisotopic (exact) mass is 321 g/mol. The van der Waals surface area contributed by atoms with Crippen LogP contribution in [0.1, 0.15) is 31.7 Å². The lowest BCUT2D eigenvalue weighted by atomic mass is 9.96. The van der Waals surface area contributed by atoms with Crippen LogP contribution in [0.2, 0.25) is 0 Å². The molecule has 1 aliphatic rings. The fraction of sp³-hybridized carbons (Fsp3) is 0.588.